The fraction of sp³-hybridized carbons (Fsp3) is 0.111. The molecule has 0 amide bonds. The molecule has 146 valence electrons. The van der Waals surface area contributed by atoms with Gasteiger partial charge in [-0.1, -0.05) is 56.2 Å². The molecule has 1 aliphatic carbocycles. The highest BCUT2D eigenvalue weighted by molar-refractivity contribution is 6.19. The lowest BCUT2D eigenvalue weighted by molar-refractivity contribution is 0.746. The third kappa shape index (κ3) is 2.45. The highest BCUT2D eigenvalue weighted by Gasteiger charge is 2.27. The van der Waals surface area contributed by atoms with Gasteiger partial charge in [-0.15, -0.1) is 0 Å². The molecular formula is C27H22N2O. The van der Waals surface area contributed by atoms with E-state index < -0.39 is 0 Å². The van der Waals surface area contributed by atoms with E-state index in [1.807, 2.05) is 37.3 Å². The fourth-order valence-corrected chi connectivity index (χ4v) is 4.67. The standard InChI is InChI=1S/C27H22N2O/c1-5-7-20-16(2)21-9-11-23-18(4)29(15-19-8-6-13-28-14-19)27(30)24-12-10-22(17(20)3)25(21)26(23)24/h5-14,20H,2-4,15H2,1H3/b7-5+. The number of nitrogens with zero attached hydrogens (tertiary/aromatic N) is 2. The quantitative estimate of drug-likeness (QED) is 0.464. The number of allylic oxidation sites excluding steroid dienone is 4. The summed E-state index contributed by atoms with van der Waals surface area (Å²) in [4.78, 5) is 17.6. The molecule has 0 fully saturated rings. The molecule has 0 saturated heterocycles. The van der Waals surface area contributed by atoms with E-state index >= 15 is 0 Å². The van der Waals surface area contributed by atoms with Crippen LogP contribution >= 0.6 is 0 Å². The van der Waals surface area contributed by atoms with Gasteiger partial charge in [0.05, 0.1) is 6.54 Å². The van der Waals surface area contributed by atoms with Crippen LogP contribution in [-0.4, -0.2) is 9.55 Å². The van der Waals surface area contributed by atoms with Gasteiger partial charge in [0.2, 0.25) is 0 Å². The summed E-state index contributed by atoms with van der Waals surface area (Å²) in [7, 11) is 0. The van der Waals surface area contributed by atoms with Gasteiger partial charge in [-0.05, 0) is 52.3 Å². The van der Waals surface area contributed by atoms with Crippen LogP contribution in [0, 0.1) is 5.92 Å². The molecule has 0 aliphatic heterocycles. The molecule has 1 unspecified atom stereocenters. The molecule has 0 N–H and O–H groups in total. The van der Waals surface area contributed by atoms with Crippen LogP contribution in [0.4, 0.5) is 0 Å². The Morgan fingerprint density at radius 2 is 1.70 bits per heavy atom. The Labute approximate surface area is 175 Å². The van der Waals surface area contributed by atoms with E-state index in [0.717, 1.165) is 44.0 Å². The number of benzene rings is 2. The van der Waals surface area contributed by atoms with E-state index in [9.17, 15) is 4.79 Å². The monoisotopic (exact) mass is 390 g/mol. The summed E-state index contributed by atoms with van der Waals surface area (Å²) in [5.41, 5.74) is 5.14. The first-order chi connectivity index (χ1) is 14.5. The second-order valence-electron chi connectivity index (χ2n) is 7.82. The third-order valence-electron chi connectivity index (χ3n) is 6.16. The van der Waals surface area contributed by atoms with Gasteiger partial charge in [0.15, 0.2) is 0 Å². The lowest BCUT2D eigenvalue weighted by Gasteiger charge is -2.29. The third-order valence-corrected chi connectivity index (χ3v) is 6.16. The molecule has 1 aliphatic rings. The molecule has 0 saturated carbocycles. The summed E-state index contributed by atoms with van der Waals surface area (Å²) in [5.74, 6) is 0.0753. The van der Waals surface area contributed by atoms with Gasteiger partial charge in [0, 0.05) is 39.8 Å². The zero-order valence-corrected chi connectivity index (χ0v) is 17.0. The smallest absolute Gasteiger partial charge is 0.259 e. The van der Waals surface area contributed by atoms with Crippen molar-refractivity contribution in [1.82, 2.24) is 9.55 Å². The molecule has 2 aromatic heterocycles. The Bertz CT molecular complexity index is 1410. The van der Waals surface area contributed by atoms with Crippen LogP contribution in [0.1, 0.15) is 23.6 Å². The highest BCUT2D eigenvalue weighted by atomic mass is 16.1. The first kappa shape index (κ1) is 18.3. The second-order valence-corrected chi connectivity index (χ2v) is 7.82. The van der Waals surface area contributed by atoms with Gasteiger partial charge in [-0.25, -0.2) is 0 Å². The lowest BCUT2D eigenvalue weighted by Crippen LogP contribution is -2.34. The molecule has 5 rings (SSSR count). The zero-order valence-electron chi connectivity index (χ0n) is 17.0. The first-order valence-corrected chi connectivity index (χ1v) is 10.0. The molecule has 3 nitrogen and oxygen atoms in total. The summed E-state index contributed by atoms with van der Waals surface area (Å²) in [6.45, 7) is 15.5. The van der Waals surface area contributed by atoms with Gasteiger partial charge in [-0.3, -0.25) is 9.78 Å². The molecule has 1 atom stereocenters. The van der Waals surface area contributed by atoms with Crippen LogP contribution in [0.2, 0.25) is 0 Å². The van der Waals surface area contributed by atoms with Crippen molar-refractivity contribution in [2.75, 3.05) is 0 Å². The predicted octanol–water partition coefficient (Wildman–Crippen LogP) is 4.96. The fourth-order valence-electron chi connectivity index (χ4n) is 4.67. The SMILES string of the molecule is C=C1c2ccc3c(=C)n(Cc4cccnc4)c(=O)c4ccc(c2c34)C(=C)C1/C=C/C. The normalized spacial score (nSPS) is 16.2. The maximum Gasteiger partial charge on any atom is 0.259 e. The van der Waals surface area contributed by atoms with E-state index in [1.54, 1.807) is 17.0 Å². The van der Waals surface area contributed by atoms with Crippen LogP contribution in [-0.2, 0) is 6.54 Å². The van der Waals surface area contributed by atoms with Crippen LogP contribution in [0.25, 0.3) is 39.3 Å². The maximum absolute atomic E-state index is 13.5. The first-order valence-electron chi connectivity index (χ1n) is 10.0. The van der Waals surface area contributed by atoms with Gasteiger partial charge < -0.3 is 4.57 Å². The van der Waals surface area contributed by atoms with Crippen molar-refractivity contribution in [3.05, 3.63) is 106 Å². The minimum atomic E-state index is -0.0353. The molecule has 30 heavy (non-hydrogen) atoms. The van der Waals surface area contributed by atoms with Crippen molar-refractivity contribution in [3.8, 4) is 0 Å². The number of hydrogen-bond donors (Lipinski definition) is 0. The Kier molecular flexibility index (Phi) is 4.07. The van der Waals surface area contributed by atoms with Gasteiger partial charge in [0.1, 0.15) is 0 Å². The molecule has 4 aromatic rings. The average molecular weight is 390 g/mol. The largest absolute Gasteiger partial charge is 0.304 e. The Morgan fingerprint density at radius 1 is 1.00 bits per heavy atom. The summed E-state index contributed by atoms with van der Waals surface area (Å²) >= 11 is 0. The Morgan fingerprint density at radius 3 is 2.33 bits per heavy atom. The summed E-state index contributed by atoms with van der Waals surface area (Å²) < 4.78 is 1.74. The molecule has 0 spiro atoms. The average Bonchev–Trinajstić information content (AvgIpc) is 2.77. The Hall–Kier alpha value is -3.72. The van der Waals surface area contributed by atoms with E-state index in [1.165, 1.54) is 0 Å². The molecule has 0 bridgehead atoms. The lowest BCUT2D eigenvalue weighted by atomic mass is 9.75. The number of pyridine rings is 2. The van der Waals surface area contributed by atoms with E-state index in [2.05, 4.69) is 42.9 Å². The molecule has 0 radical (unpaired) electrons. The van der Waals surface area contributed by atoms with Crippen LogP contribution in [0.15, 0.2) is 78.9 Å². The van der Waals surface area contributed by atoms with Crippen LogP contribution in [0.5, 0.6) is 0 Å². The van der Waals surface area contributed by atoms with E-state index in [0.29, 0.717) is 17.3 Å². The number of rotatable bonds is 3. The Balaban J connectivity index is 1.85. The van der Waals surface area contributed by atoms with E-state index in [-0.39, 0.29) is 11.5 Å². The zero-order chi connectivity index (χ0) is 21.0. The maximum atomic E-state index is 13.5. The minimum Gasteiger partial charge on any atom is -0.304 e. The second kappa shape index (κ2) is 6.67. The molecule has 3 heteroatoms. The molecule has 2 aromatic carbocycles. The van der Waals surface area contributed by atoms with Gasteiger partial charge in [0.25, 0.3) is 5.56 Å². The van der Waals surface area contributed by atoms with Gasteiger partial charge >= 0.3 is 0 Å². The minimum absolute atomic E-state index is 0.0353. The van der Waals surface area contributed by atoms with Crippen molar-refractivity contribution in [1.29, 1.82) is 0 Å². The van der Waals surface area contributed by atoms with Crippen molar-refractivity contribution < 1.29 is 0 Å². The summed E-state index contributed by atoms with van der Waals surface area (Å²) in [6, 6.07) is 12.0. The van der Waals surface area contributed by atoms with Crippen molar-refractivity contribution in [3.63, 3.8) is 0 Å². The topological polar surface area (TPSA) is 34.9 Å². The number of hydrogen-bond acceptors (Lipinski definition) is 2. The van der Waals surface area contributed by atoms with Gasteiger partial charge in [-0.2, -0.15) is 0 Å². The van der Waals surface area contributed by atoms with Crippen molar-refractivity contribution in [2.45, 2.75) is 13.5 Å². The van der Waals surface area contributed by atoms with Crippen molar-refractivity contribution in [2.24, 2.45) is 5.92 Å². The molecule has 2 heterocycles. The predicted molar refractivity (Wildman–Crippen MR) is 126 cm³/mol. The van der Waals surface area contributed by atoms with Crippen LogP contribution < -0.4 is 10.9 Å². The molecular weight excluding hydrogens is 368 g/mol. The summed E-state index contributed by atoms with van der Waals surface area (Å²) in [6.07, 6.45) is 7.68. The van der Waals surface area contributed by atoms with Crippen LogP contribution in [0.3, 0.4) is 0 Å². The number of aromatic nitrogens is 2. The van der Waals surface area contributed by atoms with E-state index in [4.69, 9.17) is 0 Å². The highest BCUT2D eigenvalue weighted by Crippen LogP contribution is 2.46. The van der Waals surface area contributed by atoms with Crippen molar-refractivity contribution >= 4 is 39.3 Å². The summed E-state index contributed by atoms with van der Waals surface area (Å²) in [5, 5.41) is 4.43.